The number of nitrogens with one attached hydrogen (secondary N) is 1. The zero-order valence-corrected chi connectivity index (χ0v) is 19.8. The molecule has 3 aromatic carbocycles. The second-order valence-electron chi connectivity index (χ2n) is 7.99. The Morgan fingerprint density at radius 2 is 1.79 bits per heavy atom. The van der Waals surface area contributed by atoms with E-state index in [4.69, 9.17) is 11.6 Å². The Bertz CT molecular complexity index is 1350. The molecule has 1 aliphatic rings. The van der Waals surface area contributed by atoms with E-state index in [1.807, 2.05) is 19.9 Å². The third kappa shape index (κ3) is 4.38. The second-order valence-corrected chi connectivity index (χ2v) is 10.3. The first-order valence-corrected chi connectivity index (χ1v) is 12.4. The van der Waals surface area contributed by atoms with Crippen LogP contribution in [-0.2, 0) is 16.4 Å². The third-order valence-electron chi connectivity index (χ3n) is 5.67. The van der Waals surface area contributed by atoms with Crippen molar-refractivity contribution in [1.29, 1.82) is 0 Å². The van der Waals surface area contributed by atoms with Gasteiger partial charge in [0.05, 0.1) is 27.6 Å². The highest BCUT2D eigenvalue weighted by Gasteiger charge is 2.36. The van der Waals surface area contributed by atoms with Gasteiger partial charge in [-0.15, -0.1) is 0 Å². The molecule has 0 radical (unpaired) electrons. The van der Waals surface area contributed by atoms with Crippen LogP contribution >= 0.6 is 11.6 Å². The van der Waals surface area contributed by atoms with E-state index in [9.17, 15) is 18.0 Å². The molecule has 0 saturated carbocycles. The minimum Gasteiger partial charge on any atom is -0.350 e. The van der Waals surface area contributed by atoms with Gasteiger partial charge >= 0.3 is 0 Å². The molecule has 0 saturated heterocycles. The van der Waals surface area contributed by atoms with Crippen molar-refractivity contribution >= 4 is 38.9 Å². The van der Waals surface area contributed by atoms with E-state index in [2.05, 4.69) is 5.32 Å². The number of fused-ring (bicyclic) bond motifs is 2. The predicted octanol–water partition coefficient (Wildman–Crippen LogP) is 4.86. The lowest BCUT2D eigenvalue weighted by molar-refractivity contribution is 0.0936. The number of hydrogen-bond donors (Lipinski definition) is 1. The lowest BCUT2D eigenvalue weighted by atomic mass is 10.1. The molecule has 1 unspecified atom stereocenters. The highest BCUT2D eigenvalue weighted by Crippen LogP contribution is 2.38. The lowest BCUT2D eigenvalue weighted by Crippen LogP contribution is -2.33. The molecular weight excluding hydrogens is 460 g/mol. The molecule has 1 N–H and O–H groups in total. The molecule has 0 spiro atoms. The summed E-state index contributed by atoms with van der Waals surface area (Å²) in [6.07, 6.45) is 0.750. The zero-order valence-electron chi connectivity index (χ0n) is 18.2. The number of halogens is 1. The van der Waals surface area contributed by atoms with E-state index in [0.29, 0.717) is 5.02 Å². The Morgan fingerprint density at radius 3 is 2.52 bits per heavy atom. The largest absolute Gasteiger partial charge is 0.350 e. The van der Waals surface area contributed by atoms with E-state index in [-0.39, 0.29) is 45.1 Å². The highest BCUT2D eigenvalue weighted by molar-refractivity contribution is 7.91. The fraction of sp³-hybridized carbons (Fsp3) is 0.200. The van der Waals surface area contributed by atoms with Crippen molar-refractivity contribution in [2.45, 2.75) is 42.6 Å². The Kier molecular flexibility index (Phi) is 6.28. The molecular formula is C25H23ClN2O4S. The van der Waals surface area contributed by atoms with E-state index in [1.165, 1.54) is 35.2 Å². The molecule has 170 valence electrons. The number of anilines is 1. The van der Waals surface area contributed by atoms with Gasteiger partial charge in [0, 0.05) is 16.6 Å². The molecule has 0 bridgehead atoms. The summed E-state index contributed by atoms with van der Waals surface area (Å²) >= 11 is 6.13. The second kappa shape index (κ2) is 9.00. The van der Waals surface area contributed by atoms with Gasteiger partial charge in [0.25, 0.3) is 11.8 Å². The summed E-state index contributed by atoms with van der Waals surface area (Å²) in [5.74, 6) is -0.797. The minimum atomic E-state index is -3.99. The Balaban J connectivity index is 1.91. The van der Waals surface area contributed by atoms with E-state index >= 15 is 0 Å². The maximum absolute atomic E-state index is 13.6. The molecule has 8 heteroatoms. The number of amides is 2. The topological polar surface area (TPSA) is 83.6 Å². The van der Waals surface area contributed by atoms with Crippen LogP contribution in [0.1, 0.15) is 46.5 Å². The molecule has 0 aliphatic carbocycles. The molecule has 6 nitrogen and oxygen atoms in total. The summed E-state index contributed by atoms with van der Waals surface area (Å²) in [6.45, 7) is 3.93. The number of nitrogens with zero attached hydrogens (tertiary/aromatic N) is 1. The summed E-state index contributed by atoms with van der Waals surface area (Å²) in [7, 11) is -3.99. The molecule has 3 aromatic rings. The lowest BCUT2D eigenvalue weighted by Gasteiger charge is -2.24. The summed E-state index contributed by atoms with van der Waals surface area (Å²) in [5, 5.41) is 3.38. The first-order valence-electron chi connectivity index (χ1n) is 10.6. The molecule has 1 atom stereocenters. The van der Waals surface area contributed by atoms with Crippen LogP contribution in [0.15, 0.2) is 76.5 Å². The van der Waals surface area contributed by atoms with Crippen molar-refractivity contribution in [1.82, 2.24) is 5.32 Å². The van der Waals surface area contributed by atoms with Crippen molar-refractivity contribution < 1.29 is 18.0 Å². The van der Waals surface area contributed by atoms with Gasteiger partial charge in [-0.05, 0) is 61.4 Å². The number of benzene rings is 3. The average Bonchev–Trinajstić information content (AvgIpc) is 2.87. The summed E-state index contributed by atoms with van der Waals surface area (Å²) in [5.41, 5.74) is 1.25. The van der Waals surface area contributed by atoms with Crippen LogP contribution in [-0.4, -0.2) is 26.3 Å². The van der Waals surface area contributed by atoms with E-state index < -0.39 is 15.7 Å². The molecule has 4 rings (SSSR count). The van der Waals surface area contributed by atoms with Crippen LogP contribution < -0.4 is 10.2 Å². The van der Waals surface area contributed by atoms with Crippen LogP contribution in [0.25, 0.3) is 0 Å². The summed E-state index contributed by atoms with van der Waals surface area (Å²) in [4.78, 5) is 27.7. The van der Waals surface area contributed by atoms with Gasteiger partial charge in [-0.1, -0.05) is 42.8 Å². The van der Waals surface area contributed by atoms with Crippen LogP contribution in [0.5, 0.6) is 0 Å². The Morgan fingerprint density at radius 1 is 1.03 bits per heavy atom. The summed E-state index contributed by atoms with van der Waals surface area (Å²) in [6, 6.07) is 17.5. The Hall–Kier alpha value is -3.16. The smallest absolute Gasteiger partial charge is 0.259 e. The molecule has 33 heavy (non-hydrogen) atoms. The van der Waals surface area contributed by atoms with Gasteiger partial charge in [-0.3, -0.25) is 9.59 Å². The van der Waals surface area contributed by atoms with Crippen LogP contribution in [0.3, 0.4) is 0 Å². The normalized spacial score (nSPS) is 15.2. The van der Waals surface area contributed by atoms with Crippen molar-refractivity contribution in [3.63, 3.8) is 0 Å². The van der Waals surface area contributed by atoms with Gasteiger partial charge in [-0.25, -0.2) is 8.42 Å². The quantitative estimate of drug-likeness (QED) is 0.562. The standard InChI is InChI=1S/C25H23ClN2O4S/c1-3-16(2)27-24(29)18-11-12-23-21(14-18)28(15-17-7-6-8-19(26)13-17)25(30)20-9-4-5-10-22(20)33(23,31)32/h4-14,16H,3,15H2,1-2H3,(H,27,29). The van der Waals surface area contributed by atoms with Crippen molar-refractivity contribution in [3.05, 3.63) is 88.4 Å². The number of carbonyl (C=O) groups is 2. The van der Waals surface area contributed by atoms with Gasteiger partial charge < -0.3 is 10.2 Å². The highest BCUT2D eigenvalue weighted by atomic mass is 35.5. The van der Waals surface area contributed by atoms with Crippen LogP contribution in [0, 0.1) is 0 Å². The van der Waals surface area contributed by atoms with Crippen molar-refractivity contribution in [2.75, 3.05) is 4.90 Å². The maximum Gasteiger partial charge on any atom is 0.259 e. The van der Waals surface area contributed by atoms with Crippen LogP contribution in [0.4, 0.5) is 5.69 Å². The average molecular weight is 483 g/mol. The number of hydrogen-bond acceptors (Lipinski definition) is 4. The molecule has 2 amide bonds. The fourth-order valence-electron chi connectivity index (χ4n) is 3.73. The number of rotatable bonds is 5. The minimum absolute atomic E-state index is 0.0251. The first kappa shape index (κ1) is 23.0. The molecule has 1 aliphatic heterocycles. The maximum atomic E-state index is 13.6. The number of sulfone groups is 1. The van der Waals surface area contributed by atoms with Crippen LogP contribution in [0.2, 0.25) is 5.02 Å². The first-order chi connectivity index (χ1) is 15.7. The third-order valence-corrected chi connectivity index (χ3v) is 7.77. The molecule has 1 heterocycles. The van der Waals surface area contributed by atoms with Crippen molar-refractivity contribution in [2.24, 2.45) is 0 Å². The SMILES string of the molecule is CCC(C)NC(=O)c1ccc2c(c1)N(Cc1cccc(Cl)c1)C(=O)c1ccccc1S2(=O)=O. The molecule has 0 fully saturated rings. The summed E-state index contributed by atoms with van der Waals surface area (Å²) < 4.78 is 27.0. The fourth-order valence-corrected chi connectivity index (χ4v) is 5.58. The van der Waals surface area contributed by atoms with Crippen molar-refractivity contribution in [3.8, 4) is 0 Å². The van der Waals surface area contributed by atoms with Gasteiger partial charge in [-0.2, -0.15) is 0 Å². The molecule has 0 aromatic heterocycles. The zero-order chi connectivity index (χ0) is 23.8. The van der Waals surface area contributed by atoms with Gasteiger partial charge in [0.2, 0.25) is 9.84 Å². The van der Waals surface area contributed by atoms with E-state index in [1.54, 1.807) is 30.3 Å². The van der Waals surface area contributed by atoms with Gasteiger partial charge in [0.15, 0.2) is 0 Å². The van der Waals surface area contributed by atoms with E-state index in [0.717, 1.165) is 12.0 Å². The van der Waals surface area contributed by atoms with Gasteiger partial charge in [0.1, 0.15) is 0 Å². The Labute approximate surface area is 198 Å². The predicted molar refractivity (Wildman–Crippen MR) is 128 cm³/mol. The number of carbonyl (C=O) groups excluding carboxylic acids is 2. The monoisotopic (exact) mass is 482 g/mol.